The second kappa shape index (κ2) is 6.18. The van der Waals surface area contributed by atoms with Crippen molar-refractivity contribution in [2.45, 2.75) is 19.8 Å². The third kappa shape index (κ3) is 3.07. The molecule has 0 aromatic heterocycles. The van der Waals surface area contributed by atoms with Gasteiger partial charge >= 0.3 is 0 Å². The van der Waals surface area contributed by atoms with Gasteiger partial charge in [-0.15, -0.1) is 0 Å². The van der Waals surface area contributed by atoms with E-state index in [0.29, 0.717) is 15.6 Å². The van der Waals surface area contributed by atoms with Gasteiger partial charge < -0.3 is 5.73 Å². The summed E-state index contributed by atoms with van der Waals surface area (Å²) in [6.45, 7) is 2.11. The van der Waals surface area contributed by atoms with Gasteiger partial charge in [-0.3, -0.25) is 4.79 Å². The van der Waals surface area contributed by atoms with Crippen LogP contribution in [0.4, 0.5) is 10.1 Å². The van der Waals surface area contributed by atoms with Crippen LogP contribution in [0.2, 0.25) is 0 Å². The number of halogens is 2. The van der Waals surface area contributed by atoms with Crippen LogP contribution in [0, 0.1) is 5.82 Å². The Morgan fingerprint density at radius 2 is 1.90 bits per heavy atom. The number of rotatable bonds is 4. The van der Waals surface area contributed by atoms with Crippen LogP contribution in [-0.2, 0) is 6.42 Å². The molecule has 0 aliphatic rings. The summed E-state index contributed by atoms with van der Waals surface area (Å²) in [5.74, 6) is -0.710. The van der Waals surface area contributed by atoms with E-state index < -0.39 is 5.82 Å². The highest BCUT2D eigenvalue weighted by Crippen LogP contribution is 2.25. The molecule has 0 saturated carbocycles. The van der Waals surface area contributed by atoms with Gasteiger partial charge in [0.25, 0.3) is 0 Å². The predicted molar refractivity (Wildman–Crippen MR) is 82.4 cm³/mol. The summed E-state index contributed by atoms with van der Waals surface area (Å²) in [7, 11) is 0. The quantitative estimate of drug-likeness (QED) is 0.666. The van der Waals surface area contributed by atoms with Crippen LogP contribution >= 0.6 is 15.9 Å². The van der Waals surface area contributed by atoms with Gasteiger partial charge in [-0.1, -0.05) is 37.6 Å². The minimum Gasteiger partial charge on any atom is -0.396 e. The van der Waals surface area contributed by atoms with E-state index in [1.807, 2.05) is 12.1 Å². The van der Waals surface area contributed by atoms with Crippen molar-refractivity contribution in [3.63, 3.8) is 0 Å². The Hall–Kier alpha value is -1.68. The van der Waals surface area contributed by atoms with E-state index in [1.165, 1.54) is 17.7 Å². The summed E-state index contributed by atoms with van der Waals surface area (Å²) in [5.41, 5.74) is 7.62. The molecule has 0 atom stereocenters. The van der Waals surface area contributed by atoms with Crippen molar-refractivity contribution < 1.29 is 9.18 Å². The predicted octanol–water partition coefficient (Wildman–Crippen LogP) is 4.35. The van der Waals surface area contributed by atoms with Gasteiger partial charge in [0.05, 0.1) is 5.69 Å². The summed E-state index contributed by atoms with van der Waals surface area (Å²) in [6, 6.07) is 10.0. The number of nitrogens with two attached hydrogens (primary N) is 1. The number of benzene rings is 2. The molecule has 0 bridgehead atoms. The van der Waals surface area contributed by atoms with E-state index >= 15 is 0 Å². The maximum absolute atomic E-state index is 13.3. The molecule has 0 heterocycles. The van der Waals surface area contributed by atoms with E-state index in [-0.39, 0.29) is 11.5 Å². The number of hydrogen-bond donors (Lipinski definition) is 1. The van der Waals surface area contributed by atoms with Gasteiger partial charge in [-0.05, 0) is 40.0 Å². The van der Waals surface area contributed by atoms with Crippen molar-refractivity contribution in [3.8, 4) is 0 Å². The lowest BCUT2D eigenvalue weighted by Crippen LogP contribution is -2.05. The molecule has 4 heteroatoms. The van der Waals surface area contributed by atoms with Crippen LogP contribution in [0.5, 0.6) is 0 Å². The Balaban J connectivity index is 2.33. The highest BCUT2D eigenvalue weighted by Gasteiger charge is 2.15. The topological polar surface area (TPSA) is 43.1 Å². The Labute approximate surface area is 125 Å². The number of carbonyl (C=O) groups is 1. The first-order valence-electron chi connectivity index (χ1n) is 6.41. The Bertz CT molecular complexity index is 638. The largest absolute Gasteiger partial charge is 0.396 e. The van der Waals surface area contributed by atoms with Gasteiger partial charge in [-0.2, -0.15) is 0 Å². The van der Waals surface area contributed by atoms with E-state index in [9.17, 15) is 9.18 Å². The summed E-state index contributed by atoms with van der Waals surface area (Å²) in [4.78, 5) is 12.4. The van der Waals surface area contributed by atoms with Crippen LogP contribution in [0.1, 0.15) is 34.8 Å². The molecule has 0 aliphatic carbocycles. The fourth-order valence-electron chi connectivity index (χ4n) is 2.01. The Morgan fingerprint density at radius 1 is 1.25 bits per heavy atom. The SMILES string of the molecule is CCCc1ccc(C(=O)c2cc(N)c(F)cc2Br)cc1. The zero-order chi connectivity index (χ0) is 14.7. The molecule has 20 heavy (non-hydrogen) atoms. The van der Waals surface area contributed by atoms with Gasteiger partial charge in [0, 0.05) is 15.6 Å². The second-order valence-electron chi connectivity index (χ2n) is 4.63. The lowest BCUT2D eigenvalue weighted by molar-refractivity contribution is 0.103. The second-order valence-corrected chi connectivity index (χ2v) is 5.48. The van der Waals surface area contributed by atoms with Crippen molar-refractivity contribution in [2.24, 2.45) is 0 Å². The van der Waals surface area contributed by atoms with E-state index in [1.54, 1.807) is 12.1 Å². The van der Waals surface area contributed by atoms with E-state index in [2.05, 4.69) is 22.9 Å². The van der Waals surface area contributed by atoms with Crippen LogP contribution in [0.25, 0.3) is 0 Å². The van der Waals surface area contributed by atoms with Gasteiger partial charge in [-0.25, -0.2) is 4.39 Å². The average Bonchev–Trinajstić information content (AvgIpc) is 2.43. The first kappa shape index (κ1) is 14.7. The van der Waals surface area contributed by atoms with Gasteiger partial charge in [0.2, 0.25) is 0 Å². The molecule has 2 aromatic rings. The summed E-state index contributed by atoms with van der Waals surface area (Å²) < 4.78 is 13.7. The molecule has 2 N–H and O–H groups in total. The highest BCUT2D eigenvalue weighted by molar-refractivity contribution is 9.10. The Kier molecular flexibility index (Phi) is 4.55. The molecule has 0 fully saturated rings. The third-order valence-corrected chi connectivity index (χ3v) is 3.74. The van der Waals surface area contributed by atoms with Crippen LogP contribution in [-0.4, -0.2) is 5.78 Å². The fourth-order valence-corrected chi connectivity index (χ4v) is 2.50. The molecule has 0 radical (unpaired) electrons. The maximum atomic E-state index is 13.3. The smallest absolute Gasteiger partial charge is 0.194 e. The summed E-state index contributed by atoms with van der Waals surface area (Å²) in [5, 5.41) is 0. The van der Waals surface area contributed by atoms with Crippen molar-refractivity contribution in [3.05, 3.63) is 63.4 Å². The monoisotopic (exact) mass is 335 g/mol. The Morgan fingerprint density at radius 3 is 2.50 bits per heavy atom. The molecule has 0 saturated heterocycles. The molecule has 2 rings (SSSR count). The minimum atomic E-state index is -0.535. The molecule has 0 aliphatic heterocycles. The van der Waals surface area contributed by atoms with Crippen molar-refractivity contribution in [1.82, 2.24) is 0 Å². The van der Waals surface area contributed by atoms with E-state index in [0.717, 1.165) is 12.8 Å². The van der Waals surface area contributed by atoms with Crippen LogP contribution in [0.15, 0.2) is 40.9 Å². The standard InChI is InChI=1S/C16H15BrFNO/c1-2-3-10-4-6-11(7-5-10)16(20)12-8-15(19)14(18)9-13(12)17/h4-9H,2-3,19H2,1H3. The molecule has 0 amide bonds. The molecule has 104 valence electrons. The van der Waals surface area contributed by atoms with Gasteiger partial charge in [0.1, 0.15) is 5.82 Å². The molecule has 2 nitrogen and oxygen atoms in total. The first-order valence-corrected chi connectivity index (χ1v) is 7.20. The first-order chi connectivity index (χ1) is 9.52. The number of nitrogen functional groups attached to an aromatic ring is 1. The minimum absolute atomic E-state index is 0.0286. The molecular formula is C16H15BrFNO. The number of aryl methyl sites for hydroxylation is 1. The molecule has 0 unspecified atom stereocenters. The fraction of sp³-hybridized carbons (Fsp3) is 0.188. The zero-order valence-corrected chi connectivity index (χ0v) is 12.7. The van der Waals surface area contributed by atoms with Crippen LogP contribution in [0.3, 0.4) is 0 Å². The average molecular weight is 336 g/mol. The molecular weight excluding hydrogens is 321 g/mol. The molecule has 2 aromatic carbocycles. The lowest BCUT2D eigenvalue weighted by Gasteiger charge is -2.07. The summed E-state index contributed by atoms with van der Waals surface area (Å²) in [6.07, 6.45) is 2.05. The van der Waals surface area contributed by atoms with Gasteiger partial charge in [0.15, 0.2) is 5.78 Å². The maximum Gasteiger partial charge on any atom is 0.194 e. The van der Waals surface area contributed by atoms with E-state index in [4.69, 9.17) is 5.73 Å². The summed E-state index contributed by atoms with van der Waals surface area (Å²) >= 11 is 3.20. The van der Waals surface area contributed by atoms with Crippen LogP contribution < -0.4 is 5.73 Å². The van der Waals surface area contributed by atoms with Crippen molar-refractivity contribution >= 4 is 27.4 Å². The normalized spacial score (nSPS) is 10.6. The number of ketones is 1. The van der Waals surface area contributed by atoms with Crippen molar-refractivity contribution in [1.29, 1.82) is 0 Å². The number of anilines is 1. The zero-order valence-electron chi connectivity index (χ0n) is 11.1. The third-order valence-electron chi connectivity index (χ3n) is 3.09. The number of hydrogen-bond acceptors (Lipinski definition) is 2. The van der Waals surface area contributed by atoms with Crippen molar-refractivity contribution in [2.75, 3.05) is 5.73 Å². The lowest BCUT2D eigenvalue weighted by atomic mass is 10.0. The molecule has 0 spiro atoms. The highest BCUT2D eigenvalue weighted by atomic mass is 79.9. The number of carbonyl (C=O) groups excluding carboxylic acids is 1.